The maximum Gasteiger partial charge on any atom is 0.133 e. The molecule has 2 atom stereocenters. The molecule has 3 aliphatic rings. The van der Waals surface area contributed by atoms with Gasteiger partial charge >= 0.3 is 0 Å². The quantitative estimate of drug-likeness (QED) is 0.707. The highest BCUT2D eigenvalue weighted by molar-refractivity contribution is 5.65. The molecule has 0 spiro atoms. The molecule has 172 valence electrons. The number of aromatic nitrogens is 2. The van der Waals surface area contributed by atoms with Crippen LogP contribution in [0.2, 0.25) is 0 Å². The molecule has 3 saturated heterocycles. The van der Waals surface area contributed by atoms with Crippen molar-refractivity contribution >= 4 is 23.1 Å². The number of anilines is 4. The molecule has 6 nitrogen and oxygen atoms in total. The Balaban J connectivity index is 1.42. The Labute approximate surface area is 193 Å². The summed E-state index contributed by atoms with van der Waals surface area (Å²) in [6.07, 6.45) is 8.35. The second kappa shape index (κ2) is 9.16. The number of piperidine rings is 1. The highest BCUT2D eigenvalue weighted by atomic mass is 15.3. The fourth-order valence-electron chi connectivity index (χ4n) is 5.70. The van der Waals surface area contributed by atoms with Crippen LogP contribution in [0.15, 0.2) is 30.5 Å². The standard InChI is InChI=1S/C26H38N6/c1-20-9-7-11-27-26(20)30-15-16-31(22(3)19-30)23-17-24(29-12-5-4-6-13-29)28-25(18-23)32-14-8-10-21(32)2/h7,9,11,17-18,21-22H,4-6,8,10,12-16,19H2,1-3H3/t21?,22-/m1/s1. The van der Waals surface area contributed by atoms with Crippen LogP contribution in [0, 0.1) is 6.92 Å². The highest BCUT2D eigenvalue weighted by Crippen LogP contribution is 2.33. The first kappa shape index (κ1) is 21.4. The van der Waals surface area contributed by atoms with Gasteiger partial charge in [0.05, 0.1) is 0 Å². The van der Waals surface area contributed by atoms with E-state index in [1.165, 1.54) is 55.0 Å². The molecule has 2 aromatic heterocycles. The third kappa shape index (κ3) is 4.24. The van der Waals surface area contributed by atoms with Crippen LogP contribution in [-0.2, 0) is 0 Å². The molecule has 6 heteroatoms. The Kier molecular flexibility index (Phi) is 6.11. The molecule has 3 fully saturated rings. The lowest BCUT2D eigenvalue weighted by Gasteiger charge is -2.42. The number of aryl methyl sites for hydroxylation is 1. The Morgan fingerprint density at radius 3 is 2.34 bits per heavy atom. The van der Waals surface area contributed by atoms with Gasteiger partial charge < -0.3 is 19.6 Å². The predicted octanol–water partition coefficient (Wildman–Crippen LogP) is 4.48. The van der Waals surface area contributed by atoms with Crippen molar-refractivity contribution in [2.24, 2.45) is 0 Å². The molecule has 0 radical (unpaired) electrons. The lowest BCUT2D eigenvalue weighted by Crippen LogP contribution is -2.52. The Morgan fingerprint density at radius 2 is 1.62 bits per heavy atom. The first-order valence-corrected chi connectivity index (χ1v) is 12.6. The first-order valence-electron chi connectivity index (χ1n) is 12.6. The third-order valence-corrected chi connectivity index (χ3v) is 7.55. The van der Waals surface area contributed by atoms with Gasteiger partial charge in [0.1, 0.15) is 17.5 Å². The molecule has 5 rings (SSSR count). The number of nitrogens with zero attached hydrogens (tertiary/aromatic N) is 6. The average molecular weight is 435 g/mol. The van der Waals surface area contributed by atoms with Crippen molar-refractivity contribution in [2.45, 2.75) is 65.0 Å². The summed E-state index contributed by atoms with van der Waals surface area (Å²) in [5.41, 5.74) is 2.59. The van der Waals surface area contributed by atoms with E-state index in [1.807, 2.05) is 12.3 Å². The van der Waals surface area contributed by atoms with Crippen LogP contribution >= 0.6 is 0 Å². The number of piperazine rings is 1. The summed E-state index contributed by atoms with van der Waals surface area (Å²) in [7, 11) is 0. The summed E-state index contributed by atoms with van der Waals surface area (Å²) in [5.74, 6) is 3.48. The van der Waals surface area contributed by atoms with Gasteiger partial charge in [0.25, 0.3) is 0 Å². The summed E-state index contributed by atoms with van der Waals surface area (Å²) < 4.78 is 0. The van der Waals surface area contributed by atoms with Crippen molar-refractivity contribution in [1.29, 1.82) is 0 Å². The van der Waals surface area contributed by atoms with Gasteiger partial charge in [-0.25, -0.2) is 9.97 Å². The van der Waals surface area contributed by atoms with Crippen LogP contribution in [0.5, 0.6) is 0 Å². The molecule has 0 aromatic carbocycles. The van der Waals surface area contributed by atoms with Crippen molar-refractivity contribution in [3.05, 3.63) is 36.0 Å². The monoisotopic (exact) mass is 434 g/mol. The van der Waals surface area contributed by atoms with Crippen molar-refractivity contribution in [2.75, 3.05) is 58.9 Å². The minimum atomic E-state index is 0.422. The van der Waals surface area contributed by atoms with E-state index < -0.39 is 0 Å². The van der Waals surface area contributed by atoms with E-state index in [9.17, 15) is 0 Å². The zero-order chi connectivity index (χ0) is 22.1. The van der Waals surface area contributed by atoms with Gasteiger partial charge in [-0.15, -0.1) is 0 Å². The van der Waals surface area contributed by atoms with E-state index in [1.54, 1.807) is 0 Å². The SMILES string of the molecule is Cc1cccnc1N1CCN(c2cc(N3CCCCC3)nc(N3CCCC3C)c2)[C@H](C)C1. The second-order valence-electron chi connectivity index (χ2n) is 9.91. The van der Waals surface area contributed by atoms with E-state index in [4.69, 9.17) is 4.98 Å². The first-order chi connectivity index (χ1) is 15.6. The highest BCUT2D eigenvalue weighted by Gasteiger charge is 2.29. The molecule has 1 unspecified atom stereocenters. The van der Waals surface area contributed by atoms with E-state index in [0.29, 0.717) is 12.1 Å². The number of hydrogen-bond donors (Lipinski definition) is 0. The Morgan fingerprint density at radius 1 is 0.812 bits per heavy atom. The summed E-state index contributed by atoms with van der Waals surface area (Å²) >= 11 is 0. The molecule has 0 saturated carbocycles. The molecule has 0 amide bonds. The van der Waals surface area contributed by atoms with Gasteiger partial charge in [0.15, 0.2) is 0 Å². The van der Waals surface area contributed by atoms with Gasteiger partial charge in [-0.3, -0.25) is 0 Å². The fraction of sp³-hybridized carbons (Fsp3) is 0.615. The van der Waals surface area contributed by atoms with Crippen LogP contribution in [0.25, 0.3) is 0 Å². The molecule has 5 heterocycles. The van der Waals surface area contributed by atoms with E-state index in [-0.39, 0.29) is 0 Å². The number of pyridine rings is 2. The summed E-state index contributed by atoms with van der Waals surface area (Å²) in [6, 6.07) is 9.90. The summed E-state index contributed by atoms with van der Waals surface area (Å²) in [6.45, 7) is 13.3. The molecule has 2 aromatic rings. The molecular weight excluding hydrogens is 396 g/mol. The topological polar surface area (TPSA) is 38.7 Å². The van der Waals surface area contributed by atoms with Gasteiger partial charge in [-0.2, -0.15) is 0 Å². The van der Waals surface area contributed by atoms with Gasteiger partial charge in [-0.1, -0.05) is 6.07 Å². The smallest absolute Gasteiger partial charge is 0.133 e. The third-order valence-electron chi connectivity index (χ3n) is 7.55. The van der Waals surface area contributed by atoms with Crippen molar-refractivity contribution < 1.29 is 0 Å². The van der Waals surface area contributed by atoms with Crippen molar-refractivity contribution in [3.63, 3.8) is 0 Å². The van der Waals surface area contributed by atoms with Crippen LogP contribution in [0.3, 0.4) is 0 Å². The van der Waals surface area contributed by atoms with Crippen LogP contribution in [0.1, 0.15) is 51.5 Å². The van der Waals surface area contributed by atoms with Crippen molar-refractivity contribution in [3.8, 4) is 0 Å². The molecule has 0 aliphatic carbocycles. The van der Waals surface area contributed by atoms with Crippen molar-refractivity contribution in [1.82, 2.24) is 9.97 Å². The van der Waals surface area contributed by atoms with Crippen LogP contribution in [-0.4, -0.2) is 61.3 Å². The average Bonchev–Trinajstić information content (AvgIpc) is 3.25. The normalized spacial score (nSPS) is 24.3. The summed E-state index contributed by atoms with van der Waals surface area (Å²) in [4.78, 5) is 19.9. The number of rotatable bonds is 4. The molecule has 3 aliphatic heterocycles. The lowest BCUT2D eigenvalue weighted by molar-refractivity contribution is 0.545. The zero-order valence-corrected chi connectivity index (χ0v) is 20.0. The lowest BCUT2D eigenvalue weighted by atomic mass is 10.1. The Hall–Kier alpha value is -2.50. The molecular formula is C26H38N6. The second-order valence-corrected chi connectivity index (χ2v) is 9.91. The fourth-order valence-corrected chi connectivity index (χ4v) is 5.70. The molecule has 32 heavy (non-hydrogen) atoms. The summed E-state index contributed by atoms with van der Waals surface area (Å²) in [5, 5.41) is 0. The maximum atomic E-state index is 5.19. The Bertz CT molecular complexity index is 924. The minimum absolute atomic E-state index is 0.422. The van der Waals surface area contributed by atoms with E-state index in [0.717, 1.165) is 45.1 Å². The van der Waals surface area contributed by atoms with Gasteiger partial charge in [0, 0.05) is 75.4 Å². The molecule has 0 N–H and O–H groups in total. The molecule has 0 bridgehead atoms. The van der Waals surface area contributed by atoms with Crippen LogP contribution in [0.4, 0.5) is 23.1 Å². The predicted molar refractivity (Wildman–Crippen MR) is 134 cm³/mol. The maximum absolute atomic E-state index is 5.19. The van der Waals surface area contributed by atoms with E-state index in [2.05, 4.69) is 63.6 Å². The number of hydrogen-bond acceptors (Lipinski definition) is 6. The zero-order valence-electron chi connectivity index (χ0n) is 20.0. The van der Waals surface area contributed by atoms with Crippen LogP contribution < -0.4 is 19.6 Å². The largest absolute Gasteiger partial charge is 0.365 e. The van der Waals surface area contributed by atoms with E-state index >= 15 is 0 Å². The minimum Gasteiger partial charge on any atom is -0.365 e. The van der Waals surface area contributed by atoms with Gasteiger partial charge in [0.2, 0.25) is 0 Å². The van der Waals surface area contributed by atoms with Gasteiger partial charge in [-0.05, 0) is 64.5 Å².